The Bertz CT molecular complexity index is 878. The van der Waals surface area contributed by atoms with Gasteiger partial charge in [-0.15, -0.1) is 0 Å². The van der Waals surface area contributed by atoms with Gasteiger partial charge >= 0.3 is 0 Å². The number of aromatic hydroxyl groups is 1. The minimum Gasteiger partial charge on any atom is -0.493 e. The summed E-state index contributed by atoms with van der Waals surface area (Å²) in [6, 6.07) is 12.5. The second-order valence-corrected chi connectivity index (χ2v) is 5.48. The van der Waals surface area contributed by atoms with Crippen LogP contribution in [0.2, 0.25) is 0 Å². The first kappa shape index (κ1) is 15.7. The van der Waals surface area contributed by atoms with Crippen molar-refractivity contribution in [3.8, 4) is 17.5 Å². The Kier molecular flexibility index (Phi) is 4.29. The predicted octanol–water partition coefficient (Wildman–Crippen LogP) is 3.32. The molecule has 3 rings (SSSR count). The van der Waals surface area contributed by atoms with Crippen molar-refractivity contribution < 1.29 is 14.6 Å². The molecule has 1 amide bonds. The van der Waals surface area contributed by atoms with Crippen molar-refractivity contribution in [3.05, 3.63) is 54.2 Å². The number of aromatic nitrogens is 2. The number of nitrogens with zero attached hydrogens (tertiary/aromatic N) is 2. The average Bonchev–Trinajstić information content (AvgIpc) is 2.56. The first-order chi connectivity index (χ1) is 11.5. The maximum atomic E-state index is 11.2. The molecule has 0 aliphatic heterocycles. The number of amides is 1. The predicted molar refractivity (Wildman–Crippen MR) is 90.0 cm³/mol. The van der Waals surface area contributed by atoms with Gasteiger partial charge in [0.2, 0.25) is 17.7 Å². The van der Waals surface area contributed by atoms with Crippen molar-refractivity contribution in [2.75, 3.05) is 0 Å². The maximum Gasteiger partial charge on any atom is 0.219 e. The molecule has 1 atom stereocenters. The van der Waals surface area contributed by atoms with Gasteiger partial charge in [0.1, 0.15) is 5.75 Å². The fourth-order valence-corrected chi connectivity index (χ4v) is 2.39. The summed E-state index contributed by atoms with van der Waals surface area (Å²) in [5.41, 5.74) is 1.80. The second-order valence-electron chi connectivity index (χ2n) is 5.48. The van der Waals surface area contributed by atoms with E-state index in [9.17, 15) is 9.90 Å². The Morgan fingerprint density at radius 1 is 1.21 bits per heavy atom. The molecule has 0 aliphatic carbocycles. The summed E-state index contributed by atoms with van der Waals surface area (Å²) in [6.07, 6.45) is 1.43. The molecule has 0 bridgehead atoms. The van der Waals surface area contributed by atoms with Crippen LogP contribution in [0.25, 0.3) is 10.9 Å². The van der Waals surface area contributed by atoms with Gasteiger partial charge < -0.3 is 15.2 Å². The van der Waals surface area contributed by atoms with Crippen LogP contribution in [0.4, 0.5) is 0 Å². The minimum atomic E-state index is -0.0640. The van der Waals surface area contributed by atoms with Crippen LogP contribution in [0.3, 0.4) is 0 Å². The van der Waals surface area contributed by atoms with Crippen LogP contribution in [0.15, 0.2) is 48.7 Å². The first-order valence-electron chi connectivity index (χ1n) is 7.52. The van der Waals surface area contributed by atoms with Crippen molar-refractivity contribution in [1.82, 2.24) is 15.3 Å². The van der Waals surface area contributed by atoms with Crippen molar-refractivity contribution >= 4 is 16.8 Å². The molecule has 0 aliphatic rings. The largest absolute Gasteiger partial charge is 0.493 e. The van der Waals surface area contributed by atoms with Crippen LogP contribution in [-0.2, 0) is 4.79 Å². The molecule has 2 aromatic heterocycles. The highest BCUT2D eigenvalue weighted by molar-refractivity contribution is 5.80. The van der Waals surface area contributed by atoms with E-state index in [1.165, 1.54) is 19.2 Å². The number of benzene rings is 1. The molecule has 6 nitrogen and oxygen atoms in total. The Morgan fingerprint density at radius 3 is 2.75 bits per heavy atom. The van der Waals surface area contributed by atoms with Crippen molar-refractivity contribution in [3.63, 3.8) is 0 Å². The molecule has 122 valence electrons. The van der Waals surface area contributed by atoms with Crippen LogP contribution in [0, 0.1) is 0 Å². The number of pyridine rings is 2. The van der Waals surface area contributed by atoms with E-state index in [1.54, 1.807) is 12.1 Å². The molecule has 3 aromatic rings. The van der Waals surface area contributed by atoms with Crippen LogP contribution >= 0.6 is 0 Å². The molecular formula is C18H17N3O3. The van der Waals surface area contributed by atoms with Crippen molar-refractivity contribution in [1.29, 1.82) is 0 Å². The quantitative estimate of drug-likeness (QED) is 0.769. The molecule has 0 saturated carbocycles. The van der Waals surface area contributed by atoms with Gasteiger partial charge in [0.25, 0.3) is 0 Å². The second kappa shape index (κ2) is 6.54. The minimum absolute atomic E-state index is 0.0605. The third kappa shape index (κ3) is 3.60. The van der Waals surface area contributed by atoms with E-state index in [-0.39, 0.29) is 17.8 Å². The zero-order valence-electron chi connectivity index (χ0n) is 13.4. The Hall–Kier alpha value is -3.15. The molecule has 1 unspecified atom stereocenters. The molecular weight excluding hydrogens is 306 g/mol. The number of carbonyl (C=O) groups is 1. The van der Waals surface area contributed by atoms with Gasteiger partial charge in [0, 0.05) is 24.4 Å². The van der Waals surface area contributed by atoms with Gasteiger partial charge in [-0.05, 0) is 36.8 Å². The number of hydrogen-bond acceptors (Lipinski definition) is 5. The van der Waals surface area contributed by atoms with E-state index in [0.717, 1.165) is 16.5 Å². The molecule has 24 heavy (non-hydrogen) atoms. The Balaban J connectivity index is 1.84. The lowest BCUT2D eigenvalue weighted by molar-refractivity contribution is -0.119. The molecule has 0 radical (unpaired) electrons. The van der Waals surface area contributed by atoms with E-state index in [1.807, 2.05) is 31.2 Å². The average molecular weight is 323 g/mol. The number of ether oxygens (including phenoxy) is 1. The Morgan fingerprint density at radius 2 is 2.04 bits per heavy atom. The number of hydrogen-bond donors (Lipinski definition) is 2. The normalized spacial score (nSPS) is 11.9. The molecule has 1 aromatic carbocycles. The summed E-state index contributed by atoms with van der Waals surface area (Å²) < 4.78 is 5.63. The highest BCUT2D eigenvalue weighted by atomic mass is 16.5. The van der Waals surface area contributed by atoms with Gasteiger partial charge in [-0.2, -0.15) is 0 Å². The van der Waals surface area contributed by atoms with E-state index < -0.39 is 0 Å². The summed E-state index contributed by atoms with van der Waals surface area (Å²) in [6.45, 7) is 3.44. The smallest absolute Gasteiger partial charge is 0.219 e. The number of nitrogens with one attached hydrogen (secondary N) is 1. The highest BCUT2D eigenvalue weighted by Gasteiger charge is 2.08. The summed E-state index contributed by atoms with van der Waals surface area (Å²) >= 11 is 0. The summed E-state index contributed by atoms with van der Waals surface area (Å²) in [5, 5.41) is 13.0. The van der Waals surface area contributed by atoms with Crippen molar-refractivity contribution in [2.45, 2.75) is 19.9 Å². The lowest BCUT2D eigenvalue weighted by Crippen LogP contribution is -2.23. The summed E-state index contributed by atoms with van der Waals surface area (Å²) in [4.78, 5) is 19.4. The number of rotatable bonds is 4. The lowest BCUT2D eigenvalue weighted by Gasteiger charge is -2.13. The van der Waals surface area contributed by atoms with Crippen molar-refractivity contribution in [2.24, 2.45) is 0 Å². The van der Waals surface area contributed by atoms with Gasteiger partial charge in [-0.3, -0.25) is 4.79 Å². The highest BCUT2D eigenvalue weighted by Crippen LogP contribution is 2.24. The molecule has 2 heterocycles. The van der Waals surface area contributed by atoms with E-state index in [4.69, 9.17) is 4.74 Å². The van der Waals surface area contributed by atoms with Gasteiger partial charge in [-0.1, -0.05) is 6.07 Å². The monoisotopic (exact) mass is 323 g/mol. The number of carbonyl (C=O) groups excluding carboxylic acids is 1. The topological polar surface area (TPSA) is 84.3 Å². The van der Waals surface area contributed by atoms with E-state index in [0.29, 0.717) is 11.6 Å². The van der Waals surface area contributed by atoms with Gasteiger partial charge in [0.15, 0.2) is 0 Å². The molecule has 0 fully saturated rings. The zero-order chi connectivity index (χ0) is 17.1. The first-order valence-corrected chi connectivity index (χ1v) is 7.52. The Labute approximate surface area is 139 Å². The molecule has 0 saturated heterocycles. The molecule has 0 spiro atoms. The molecule has 6 heteroatoms. The fourth-order valence-electron chi connectivity index (χ4n) is 2.39. The maximum absolute atomic E-state index is 11.2. The van der Waals surface area contributed by atoms with E-state index >= 15 is 0 Å². The van der Waals surface area contributed by atoms with Gasteiger partial charge in [0.05, 0.1) is 17.8 Å². The summed E-state index contributed by atoms with van der Waals surface area (Å²) in [5.74, 6) is 0.815. The summed E-state index contributed by atoms with van der Waals surface area (Å²) in [7, 11) is 0. The van der Waals surface area contributed by atoms with Gasteiger partial charge in [-0.25, -0.2) is 9.97 Å². The third-order valence-electron chi connectivity index (χ3n) is 3.55. The number of fused-ring (bicyclic) bond motifs is 1. The zero-order valence-corrected chi connectivity index (χ0v) is 13.4. The molecule has 2 N–H and O–H groups in total. The van der Waals surface area contributed by atoms with E-state index in [2.05, 4.69) is 15.3 Å². The van der Waals surface area contributed by atoms with Crippen LogP contribution in [-0.4, -0.2) is 21.0 Å². The SMILES string of the molecule is CC(=O)NC(C)c1ccc2nc(Oc3ccc(O)nc3)ccc2c1. The van der Waals surface area contributed by atoms with Crippen LogP contribution in [0.1, 0.15) is 25.5 Å². The standard InChI is InChI=1S/C18H17N3O3/c1-11(20-12(2)22)13-3-6-16-14(9-13)4-8-18(21-16)24-15-5-7-17(23)19-10-15/h3-11H,1-2H3,(H,19,23)(H,20,22). The van der Waals surface area contributed by atoms with Crippen LogP contribution in [0.5, 0.6) is 17.5 Å². The van der Waals surface area contributed by atoms with Crippen LogP contribution < -0.4 is 10.1 Å². The third-order valence-corrected chi connectivity index (χ3v) is 3.55. The lowest BCUT2D eigenvalue weighted by atomic mass is 10.1. The fraction of sp³-hybridized carbons (Fsp3) is 0.167.